The van der Waals surface area contributed by atoms with Gasteiger partial charge in [0.15, 0.2) is 5.82 Å². The number of furan rings is 1. The molecule has 8 nitrogen and oxygen atoms in total. The van der Waals surface area contributed by atoms with Gasteiger partial charge in [0.25, 0.3) is 5.91 Å². The van der Waals surface area contributed by atoms with E-state index < -0.39 is 0 Å². The Balaban J connectivity index is 1.43. The standard InChI is InChI=1S/C20H25N5O3/c1-12-16(5-8-28-12)18(27)24-7-6-20(19-21-13(2)22-23-19)11-25(10-15(20)9-24)17(26)14-3-4-14/h5,8,14-15H,3-4,6-7,9-11H2,1-2H3,(H,21,22,23)/t15-,20-/m1/s1. The number of carbonyl (C=O) groups excluding carboxylic acids is 2. The number of hydrogen-bond acceptors (Lipinski definition) is 5. The van der Waals surface area contributed by atoms with Crippen LogP contribution in [0.15, 0.2) is 16.7 Å². The number of piperidine rings is 1. The Morgan fingerprint density at radius 2 is 2.04 bits per heavy atom. The van der Waals surface area contributed by atoms with Crippen molar-refractivity contribution in [2.45, 2.75) is 38.5 Å². The molecule has 2 aliphatic heterocycles. The fourth-order valence-corrected chi connectivity index (χ4v) is 4.83. The first-order valence-electron chi connectivity index (χ1n) is 9.99. The van der Waals surface area contributed by atoms with Crippen LogP contribution in [0.5, 0.6) is 0 Å². The number of hydrogen-bond donors (Lipinski definition) is 1. The number of aromatic nitrogens is 3. The number of likely N-dealkylation sites (tertiary alicyclic amines) is 2. The van der Waals surface area contributed by atoms with Gasteiger partial charge in [-0.15, -0.1) is 0 Å². The maximum atomic E-state index is 13.0. The molecule has 2 atom stereocenters. The summed E-state index contributed by atoms with van der Waals surface area (Å²) >= 11 is 0. The number of aromatic amines is 1. The zero-order valence-corrected chi connectivity index (χ0v) is 16.3. The second-order valence-corrected chi connectivity index (χ2v) is 8.48. The molecule has 4 heterocycles. The summed E-state index contributed by atoms with van der Waals surface area (Å²) in [6, 6.07) is 1.73. The Bertz CT molecular complexity index is 930. The summed E-state index contributed by atoms with van der Waals surface area (Å²) in [5.41, 5.74) is 0.336. The fraction of sp³-hybridized carbons (Fsp3) is 0.600. The number of rotatable bonds is 3. The molecule has 2 aromatic rings. The first-order valence-corrected chi connectivity index (χ1v) is 9.99. The second-order valence-electron chi connectivity index (χ2n) is 8.48. The lowest BCUT2D eigenvalue weighted by Crippen LogP contribution is -2.51. The molecule has 0 aromatic carbocycles. The Hall–Kier alpha value is -2.64. The van der Waals surface area contributed by atoms with Gasteiger partial charge in [0.1, 0.15) is 11.6 Å². The van der Waals surface area contributed by atoms with Crippen molar-refractivity contribution in [3.05, 3.63) is 35.3 Å². The molecule has 148 valence electrons. The van der Waals surface area contributed by atoms with Crippen LogP contribution in [-0.2, 0) is 10.2 Å². The predicted octanol–water partition coefficient (Wildman–Crippen LogP) is 1.67. The van der Waals surface area contributed by atoms with Crippen LogP contribution >= 0.6 is 0 Å². The number of carbonyl (C=O) groups is 2. The molecule has 0 spiro atoms. The Morgan fingerprint density at radius 1 is 1.25 bits per heavy atom. The van der Waals surface area contributed by atoms with Crippen molar-refractivity contribution in [3.63, 3.8) is 0 Å². The molecule has 5 rings (SSSR count). The summed E-state index contributed by atoms with van der Waals surface area (Å²) in [6.45, 7) is 6.24. The van der Waals surface area contributed by atoms with Gasteiger partial charge < -0.3 is 14.2 Å². The number of nitrogens with zero attached hydrogens (tertiary/aromatic N) is 4. The van der Waals surface area contributed by atoms with Crippen molar-refractivity contribution in [1.29, 1.82) is 0 Å². The molecular formula is C20H25N5O3. The van der Waals surface area contributed by atoms with Gasteiger partial charge in [-0.3, -0.25) is 14.7 Å². The quantitative estimate of drug-likeness (QED) is 0.870. The van der Waals surface area contributed by atoms with Crippen LogP contribution in [0.25, 0.3) is 0 Å². The SMILES string of the molecule is Cc1nc([C@@]23CCN(C(=O)c4ccoc4C)C[C@@H]2CN(C(=O)C2CC2)C3)n[nH]1. The first-order chi connectivity index (χ1) is 13.5. The van der Waals surface area contributed by atoms with Crippen molar-refractivity contribution in [2.75, 3.05) is 26.2 Å². The van der Waals surface area contributed by atoms with Crippen LogP contribution < -0.4 is 0 Å². The number of nitrogens with one attached hydrogen (secondary N) is 1. The molecule has 2 amide bonds. The molecule has 1 saturated carbocycles. The number of amides is 2. The summed E-state index contributed by atoms with van der Waals surface area (Å²) in [4.78, 5) is 34.3. The lowest BCUT2D eigenvalue weighted by molar-refractivity contribution is -0.131. The van der Waals surface area contributed by atoms with Gasteiger partial charge in [-0.2, -0.15) is 5.10 Å². The van der Waals surface area contributed by atoms with Gasteiger partial charge in [0.2, 0.25) is 5.91 Å². The maximum Gasteiger partial charge on any atom is 0.257 e. The highest BCUT2D eigenvalue weighted by atomic mass is 16.3. The minimum atomic E-state index is -0.280. The Labute approximate surface area is 163 Å². The van der Waals surface area contributed by atoms with Crippen molar-refractivity contribution in [3.8, 4) is 0 Å². The highest BCUT2D eigenvalue weighted by molar-refractivity contribution is 5.95. The van der Waals surface area contributed by atoms with Crippen molar-refractivity contribution in [2.24, 2.45) is 11.8 Å². The summed E-state index contributed by atoms with van der Waals surface area (Å²) in [5, 5.41) is 7.43. The van der Waals surface area contributed by atoms with Crippen LogP contribution in [0.1, 0.15) is 47.0 Å². The fourth-order valence-electron chi connectivity index (χ4n) is 4.83. The van der Waals surface area contributed by atoms with E-state index in [0.717, 1.165) is 30.9 Å². The summed E-state index contributed by atoms with van der Waals surface area (Å²) in [6.07, 6.45) is 4.30. The van der Waals surface area contributed by atoms with E-state index in [0.29, 0.717) is 37.5 Å². The zero-order valence-electron chi connectivity index (χ0n) is 16.3. The molecule has 2 saturated heterocycles. The van der Waals surface area contributed by atoms with Crippen LogP contribution in [0.3, 0.4) is 0 Å². The van der Waals surface area contributed by atoms with Crippen molar-refractivity contribution in [1.82, 2.24) is 25.0 Å². The van der Waals surface area contributed by atoms with E-state index in [9.17, 15) is 9.59 Å². The monoisotopic (exact) mass is 383 g/mol. The van der Waals surface area contributed by atoms with E-state index in [2.05, 4.69) is 15.2 Å². The van der Waals surface area contributed by atoms with E-state index in [1.165, 1.54) is 0 Å². The average Bonchev–Trinajstić information content (AvgIpc) is 3.09. The molecule has 0 unspecified atom stereocenters. The van der Waals surface area contributed by atoms with Gasteiger partial charge in [-0.25, -0.2) is 4.98 Å². The van der Waals surface area contributed by atoms with E-state index in [4.69, 9.17) is 4.42 Å². The molecule has 0 bridgehead atoms. The largest absolute Gasteiger partial charge is 0.469 e. The van der Waals surface area contributed by atoms with Crippen LogP contribution in [0.2, 0.25) is 0 Å². The van der Waals surface area contributed by atoms with Crippen molar-refractivity contribution >= 4 is 11.8 Å². The molecule has 0 radical (unpaired) electrons. The molecule has 2 aromatic heterocycles. The lowest BCUT2D eigenvalue weighted by Gasteiger charge is -2.41. The van der Waals surface area contributed by atoms with Gasteiger partial charge in [0.05, 0.1) is 17.2 Å². The molecule has 1 N–H and O–H groups in total. The van der Waals surface area contributed by atoms with Gasteiger partial charge in [-0.05, 0) is 39.2 Å². The minimum absolute atomic E-state index is 0.00186. The van der Waals surface area contributed by atoms with E-state index in [1.54, 1.807) is 12.3 Å². The summed E-state index contributed by atoms with van der Waals surface area (Å²) < 4.78 is 5.31. The lowest BCUT2D eigenvalue weighted by atomic mass is 9.71. The third-order valence-electron chi connectivity index (χ3n) is 6.62. The molecule has 8 heteroatoms. The molecule has 3 fully saturated rings. The molecule has 28 heavy (non-hydrogen) atoms. The number of aryl methyl sites for hydroxylation is 2. The Kier molecular flexibility index (Phi) is 3.86. The first kappa shape index (κ1) is 17.5. The molecule has 1 aliphatic carbocycles. The molecular weight excluding hydrogens is 358 g/mol. The van der Waals surface area contributed by atoms with Gasteiger partial charge >= 0.3 is 0 Å². The molecule has 3 aliphatic rings. The van der Waals surface area contributed by atoms with Gasteiger partial charge in [0, 0.05) is 38.0 Å². The highest BCUT2D eigenvalue weighted by Gasteiger charge is 2.55. The normalized spacial score (nSPS) is 27.1. The van der Waals surface area contributed by atoms with E-state index in [1.807, 2.05) is 23.6 Å². The second kappa shape index (κ2) is 6.18. The third kappa shape index (κ3) is 2.65. The van der Waals surface area contributed by atoms with Crippen LogP contribution in [-0.4, -0.2) is 63.0 Å². The summed E-state index contributed by atoms with van der Waals surface area (Å²) in [7, 11) is 0. The highest BCUT2D eigenvalue weighted by Crippen LogP contribution is 2.46. The average molecular weight is 383 g/mol. The topological polar surface area (TPSA) is 95.3 Å². The third-order valence-corrected chi connectivity index (χ3v) is 6.62. The number of fused-ring (bicyclic) bond motifs is 1. The smallest absolute Gasteiger partial charge is 0.257 e. The van der Waals surface area contributed by atoms with Crippen LogP contribution in [0, 0.1) is 25.7 Å². The van der Waals surface area contributed by atoms with E-state index >= 15 is 0 Å². The van der Waals surface area contributed by atoms with E-state index in [-0.39, 0.29) is 29.1 Å². The van der Waals surface area contributed by atoms with Crippen LogP contribution in [0.4, 0.5) is 0 Å². The van der Waals surface area contributed by atoms with Crippen molar-refractivity contribution < 1.29 is 14.0 Å². The zero-order chi connectivity index (χ0) is 19.5. The minimum Gasteiger partial charge on any atom is -0.469 e. The summed E-state index contributed by atoms with van der Waals surface area (Å²) in [5.74, 6) is 2.79. The Morgan fingerprint density at radius 3 is 2.68 bits per heavy atom. The maximum absolute atomic E-state index is 13.0. The predicted molar refractivity (Wildman–Crippen MR) is 99.6 cm³/mol. The van der Waals surface area contributed by atoms with Gasteiger partial charge in [-0.1, -0.05) is 0 Å². The number of H-pyrrole nitrogens is 1.